The molecule has 3 nitrogen and oxygen atoms in total. The van der Waals surface area contributed by atoms with Crippen LogP contribution in [0.3, 0.4) is 0 Å². The summed E-state index contributed by atoms with van der Waals surface area (Å²) in [4.78, 5) is 11.4. The van der Waals surface area contributed by atoms with E-state index in [1.165, 1.54) is 0 Å². The first-order valence-corrected chi connectivity index (χ1v) is 7.86. The van der Waals surface area contributed by atoms with Crippen LogP contribution in [-0.2, 0) is 16.1 Å². The minimum atomic E-state index is -0.732. The van der Waals surface area contributed by atoms with Crippen molar-refractivity contribution in [1.29, 1.82) is 0 Å². The highest BCUT2D eigenvalue weighted by Gasteiger charge is 2.20. The average Bonchev–Trinajstić information content (AvgIpc) is 2.63. The van der Waals surface area contributed by atoms with Crippen molar-refractivity contribution in [3.8, 4) is 5.75 Å². The molecule has 3 rings (SSSR count). The van der Waals surface area contributed by atoms with E-state index in [1.807, 2.05) is 72.8 Å². The Kier molecular flexibility index (Phi) is 5.24. The summed E-state index contributed by atoms with van der Waals surface area (Å²) in [5.41, 5.74) is 1.00. The van der Waals surface area contributed by atoms with Gasteiger partial charge in [-0.1, -0.05) is 66.7 Å². The van der Waals surface area contributed by atoms with E-state index in [2.05, 4.69) is 6.92 Å². The third-order valence-electron chi connectivity index (χ3n) is 3.81. The first-order chi connectivity index (χ1) is 11.8. The van der Waals surface area contributed by atoms with E-state index >= 15 is 0 Å². The van der Waals surface area contributed by atoms with Crippen LogP contribution in [0.15, 0.2) is 72.8 Å². The molecule has 0 N–H and O–H groups in total. The normalized spacial score (nSPS) is 13.4. The van der Waals surface area contributed by atoms with Crippen molar-refractivity contribution in [2.24, 2.45) is 0 Å². The fourth-order valence-electron chi connectivity index (χ4n) is 2.53. The van der Waals surface area contributed by atoms with Crippen LogP contribution in [0.5, 0.6) is 5.75 Å². The standard InChI is InChI=1S/C21H19O3/c1-16(21(14-22)23-15-17-8-3-2-4-9-17)24-20-13-7-11-18-10-5-6-12-19(18)20/h2-14,16,21H,1,15H2. The molecule has 0 bridgehead atoms. The van der Waals surface area contributed by atoms with Gasteiger partial charge < -0.3 is 14.3 Å². The minimum absolute atomic E-state index is 0.342. The highest BCUT2D eigenvalue weighted by Crippen LogP contribution is 2.26. The van der Waals surface area contributed by atoms with Gasteiger partial charge in [-0.15, -0.1) is 0 Å². The molecule has 0 saturated carbocycles. The topological polar surface area (TPSA) is 35.5 Å². The molecule has 3 heteroatoms. The molecule has 0 aliphatic heterocycles. The van der Waals surface area contributed by atoms with E-state index in [0.29, 0.717) is 12.4 Å². The lowest BCUT2D eigenvalue weighted by Crippen LogP contribution is -2.33. The van der Waals surface area contributed by atoms with Gasteiger partial charge in [0.25, 0.3) is 0 Å². The van der Waals surface area contributed by atoms with Gasteiger partial charge >= 0.3 is 0 Å². The molecule has 3 aromatic carbocycles. The first kappa shape index (κ1) is 16.2. The summed E-state index contributed by atoms with van der Waals surface area (Å²) in [5, 5.41) is 2.07. The number of hydrogen-bond acceptors (Lipinski definition) is 3. The largest absolute Gasteiger partial charge is 0.487 e. The Morgan fingerprint density at radius 2 is 1.62 bits per heavy atom. The molecule has 0 heterocycles. The van der Waals surface area contributed by atoms with Crippen LogP contribution >= 0.6 is 0 Å². The third kappa shape index (κ3) is 3.81. The van der Waals surface area contributed by atoms with Gasteiger partial charge in [0.2, 0.25) is 0 Å². The van der Waals surface area contributed by atoms with Gasteiger partial charge in [-0.3, -0.25) is 0 Å². The van der Waals surface area contributed by atoms with Crippen molar-refractivity contribution in [3.63, 3.8) is 0 Å². The van der Waals surface area contributed by atoms with Gasteiger partial charge in [0.05, 0.1) is 6.61 Å². The van der Waals surface area contributed by atoms with Crippen molar-refractivity contribution in [1.82, 2.24) is 0 Å². The Morgan fingerprint density at radius 1 is 0.917 bits per heavy atom. The van der Waals surface area contributed by atoms with Crippen LogP contribution in [0.4, 0.5) is 0 Å². The van der Waals surface area contributed by atoms with E-state index < -0.39 is 12.2 Å². The second-order valence-corrected chi connectivity index (χ2v) is 5.53. The van der Waals surface area contributed by atoms with Crippen LogP contribution < -0.4 is 4.74 Å². The van der Waals surface area contributed by atoms with Crippen LogP contribution in [-0.4, -0.2) is 18.5 Å². The minimum Gasteiger partial charge on any atom is -0.487 e. The van der Waals surface area contributed by atoms with E-state index in [4.69, 9.17) is 9.47 Å². The van der Waals surface area contributed by atoms with Crippen LogP contribution in [0.1, 0.15) is 5.56 Å². The maximum atomic E-state index is 11.4. The van der Waals surface area contributed by atoms with Crippen molar-refractivity contribution >= 4 is 17.1 Å². The number of fused-ring (bicyclic) bond motifs is 1. The van der Waals surface area contributed by atoms with E-state index in [-0.39, 0.29) is 0 Å². The lowest BCUT2D eigenvalue weighted by atomic mass is 10.1. The molecule has 0 amide bonds. The highest BCUT2D eigenvalue weighted by atomic mass is 16.5. The summed E-state index contributed by atoms with van der Waals surface area (Å²) in [6.45, 7) is 4.29. The fraction of sp³-hybridized carbons (Fsp3) is 0.143. The molecule has 1 radical (unpaired) electrons. The predicted molar refractivity (Wildman–Crippen MR) is 94.8 cm³/mol. The summed E-state index contributed by atoms with van der Waals surface area (Å²) >= 11 is 0. The van der Waals surface area contributed by atoms with E-state index in [0.717, 1.165) is 22.6 Å². The van der Waals surface area contributed by atoms with Crippen molar-refractivity contribution in [2.45, 2.75) is 18.8 Å². The predicted octanol–water partition coefficient (Wildman–Crippen LogP) is 4.21. The van der Waals surface area contributed by atoms with Gasteiger partial charge in [-0.25, -0.2) is 0 Å². The molecule has 0 saturated heterocycles. The molecule has 0 aromatic heterocycles. The zero-order valence-corrected chi connectivity index (χ0v) is 13.3. The molecule has 2 atom stereocenters. The second kappa shape index (κ2) is 7.75. The Labute approximate surface area is 141 Å². The molecular formula is C21H19O3. The Balaban J connectivity index is 1.69. The fourth-order valence-corrected chi connectivity index (χ4v) is 2.53. The molecule has 0 fully saturated rings. The van der Waals surface area contributed by atoms with Crippen LogP contribution in [0.25, 0.3) is 10.8 Å². The number of carbonyl (C=O) groups excluding carboxylic acids is 1. The van der Waals surface area contributed by atoms with Gasteiger partial charge in [0.15, 0.2) is 6.29 Å². The van der Waals surface area contributed by atoms with E-state index in [9.17, 15) is 4.79 Å². The van der Waals surface area contributed by atoms with Crippen molar-refractivity contribution in [3.05, 3.63) is 85.3 Å². The SMILES string of the molecule is [CH2]C(Oc1cccc2ccccc12)C(C=O)OCc1ccccc1. The molecular weight excluding hydrogens is 300 g/mol. The van der Waals surface area contributed by atoms with Crippen molar-refractivity contribution in [2.75, 3.05) is 0 Å². The van der Waals surface area contributed by atoms with Gasteiger partial charge in [0.1, 0.15) is 18.0 Å². The molecule has 0 spiro atoms. The quantitative estimate of drug-likeness (QED) is 0.612. The number of hydrogen-bond donors (Lipinski definition) is 0. The Hall–Kier alpha value is -2.65. The third-order valence-corrected chi connectivity index (χ3v) is 3.81. The molecule has 2 unspecified atom stereocenters. The Bertz CT molecular complexity index is 793. The Morgan fingerprint density at radius 3 is 2.42 bits per heavy atom. The number of ether oxygens (including phenoxy) is 2. The van der Waals surface area contributed by atoms with Crippen LogP contribution in [0, 0.1) is 6.92 Å². The number of benzene rings is 3. The van der Waals surface area contributed by atoms with Gasteiger partial charge in [-0.05, 0) is 23.9 Å². The van der Waals surface area contributed by atoms with Crippen LogP contribution in [0.2, 0.25) is 0 Å². The van der Waals surface area contributed by atoms with E-state index in [1.54, 1.807) is 0 Å². The summed E-state index contributed by atoms with van der Waals surface area (Å²) in [6, 6.07) is 23.5. The maximum Gasteiger partial charge on any atom is 0.152 e. The average molecular weight is 319 g/mol. The highest BCUT2D eigenvalue weighted by molar-refractivity contribution is 5.88. The van der Waals surface area contributed by atoms with Crippen molar-refractivity contribution < 1.29 is 14.3 Å². The number of carbonyl (C=O) groups is 1. The summed E-state index contributed by atoms with van der Waals surface area (Å²) in [5.74, 6) is 0.697. The van der Waals surface area contributed by atoms with Gasteiger partial charge in [0, 0.05) is 5.39 Å². The lowest BCUT2D eigenvalue weighted by Gasteiger charge is -2.21. The molecule has 121 valence electrons. The second-order valence-electron chi connectivity index (χ2n) is 5.53. The molecule has 24 heavy (non-hydrogen) atoms. The summed E-state index contributed by atoms with van der Waals surface area (Å²) in [7, 11) is 0. The molecule has 0 aliphatic rings. The summed E-state index contributed by atoms with van der Waals surface area (Å²) in [6.07, 6.45) is -0.618. The molecule has 3 aromatic rings. The number of rotatable bonds is 7. The zero-order valence-electron chi connectivity index (χ0n) is 13.3. The van der Waals surface area contributed by atoms with Gasteiger partial charge in [-0.2, -0.15) is 0 Å². The smallest absolute Gasteiger partial charge is 0.152 e. The zero-order chi connectivity index (χ0) is 16.8. The lowest BCUT2D eigenvalue weighted by molar-refractivity contribution is -0.123. The molecule has 0 aliphatic carbocycles. The first-order valence-electron chi connectivity index (χ1n) is 7.86. The monoisotopic (exact) mass is 319 g/mol. The maximum absolute atomic E-state index is 11.4. The summed E-state index contributed by atoms with van der Waals surface area (Å²) < 4.78 is 11.6. The number of aldehydes is 1.